The fourth-order valence-electron chi connectivity index (χ4n) is 1.54. The lowest BCUT2D eigenvalue weighted by Gasteiger charge is -2.05. The zero-order valence-electron chi connectivity index (χ0n) is 10.9. The molecule has 0 atom stereocenters. The van der Waals surface area contributed by atoms with Crippen molar-refractivity contribution in [1.29, 1.82) is 0 Å². The van der Waals surface area contributed by atoms with Crippen molar-refractivity contribution in [2.24, 2.45) is 0 Å². The summed E-state index contributed by atoms with van der Waals surface area (Å²) in [6.45, 7) is 2.67. The van der Waals surface area contributed by atoms with Gasteiger partial charge in [0.1, 0.15) is 0 Å². The summed E-state index contributed by atoms with van der Waals surface area (Å²) in [5.41, 5.74) is 0.964. The van der Waals surface area contributed by atoms with Crippen LogP contribution in [0.3, 0.4) is 0 Å². The second-order valence-corrected chi connectivity index (χ2v) is 4.98. The van der Waals surface area contributed by atoms with E-state index in [-0.39, 0.29) is 11.9 Å². The summed E-state index contributed by atoms with van der Waals surface area (Å²) in [5, 5.41) is 2.78. The number of amides is 1. The second-order valence-electron chi connectivity index (χ2n) is 4.06. The second kappa shape index (κ2) is 8.69. The summed E-state index contributed by atoms with van der Waals surface area (Å²) in [6, 6.07) is 7.62. The Kier molecular flexibility index (Phi) is 7.18. The van der Waals surface area contributed by atoms with Gasteiger partial charge in [-0.25, -0.2) is 0 Å². The Morgan fingerprint density at radius 3 is 2.58 bits per heavy atom. The molecule has 1 amide bonds. The fraction of sp³-hybridized carbons (Fsp3) is 0.429. The van der Waals surface area contributed by atoms with E-state index in [2.05, 4.69) is 21.2 Å². The summed E-state index contributed by atoms with van der Waals surface area (Å²) in [7, 11) is 0. The van der Waals surface area contributed by atoms with E-state index in [1.165, 1.54) is 0 Å². The molecule has 19 heavy (non-hydrogen) atoms. The van der Waals surface area contributed by atoms with Gasteiger partial charge in [0.2, 0.25) is 5.91 Å². The molecule has 1 aromatic rings. The average Bonchev–Trinajstić information content (AvgIpc) is 2.38. The maximum absolute atomic E-state index is 11.6. The van der Waals surface area contributed by atoms with E-state index in [0.717, 1.165) is 10.0 Å². The Morgan fingerprint density at radius 1 is 1.26 bits per heavy atom. The van der Waals surface area contributed by atoms with E-state index in [9.17, 15) is 9.59 Å². The smallest absolute Gasteiger partial charge is 0.305 e. The minimum Gasteiger partial charge on any atom is -0.466 e. The van der Waals surface area contributed by atoms with Gasteiger partial charge in [-0.3, -0.25) is 9.59 Å². The SMILES string of the molecule is CCOC(=O)CCCNC(=O)Cc1ccc(Br)cc1. The average molecular weight is 328 g/mol. The Hall–Kier alpha value is -1.36. The van der Waals surface area contributed by atoms with Crippen LogP contribution in [0.25, 0.3) is 0 Å². The first kappa shape index (κ1) is 15.7. The van der Waals surface area contributed by atoms with Crippen molar-refractivity contribution in [3.8, 4) is 0 Å². The van der Waals surface area contributed by atoms with E-state index in [1.54, 1.807) is 6.92 Å². The molecule has 1 aromatic carbocycles. The van der Waals surface area contributed by atoms with Crippen molar-refractivity contribution in [3.63, 3.8) is 0 Å². The molecule has 0 saturated heterocycles. The molecule has 0 radical (unpaired) electrons. The van der Waals surface area contributed by atoms with Crippen LogP contribution >= 0.6 is 15.9 Å². The predicted octanol–water partition coefficient (Wildman–Crippen LogP) is 2.45. The van der Waals surface area contributed by atoms with Crippen LogP contribution in [-0.2, 0) is 20.7 Å². The molecule has 0 spiro atoms. The number of benzene rings is 1. The molecule has 0 heterocycles. The summed E-state index contributed by atoms with van der Waals surface area (Å²) in [4.78, 5) is 22.7. The van der Waals surface area contributed by atoms with Gasteiger partial charge in [0.15, 0.2) is 0 Å². The molecule has 0 bridgehead atoms. The Morgan fingerprint density at radius 2 is 1.95 bits per heavy atom. The molecule has 4 nitrogen and oxygen atoms in total. The number of rotatable bonds is 7. The van der Waals surface area contributed by atoms with Gasteiger partial charge in [0, 0.05) is 17.4 Å². The largest absolute Gasteiger partial charge is 0.466 e. The minimum atomic E-state index is -0.218. The molecule has 1 N–H and O–H groups in total. The van der Waals surface area contributed by atoms with Crippen LogP contribution in [0.5, 0.6) is 0 Å². The Labute approximate surface area is 121 Å². The number of ether oxygens (including phenoxy) is 1. The molecule has 0 aliphatic heterocycles. The molecular formula is C14H18BrNO3. The van der Waals surface area contributed by atoms with Crippen LogP contribution in [0.4, 0.5) is 0 Å². The molecular weight excluding hydrogens is 310 g/mol. The number of hydrogen-bond acceptors (Lipinski definition) is 3. The van der Waals surface area contributed by atoms with E-state index < -0.39 is 0 Å². The minimum absolute atomic E-state index is 0.0359. The van der Waals surface area contributed by atoms with Gasteiger partial charge in [-0.1, -0.05) is 28.1 Å². The lowest BCUT2D eigenvalue weighted by atomic mass is 10.1. The Bertz CT molecular complexity index is 417. The highest BCUT2D eigenvalue weighted by Crippen LogP contribution is 2.10. The number of carbonyl (C=O) groups is 2. The van der Waals surface area contributed by atoms with E-state index >= 15 is 0 Å². The highest BCUT2D eigenvalue weighted by Gasteiger charge is 2.04. The maximum Gasteiger partial charge on any atom is 0.305 e. The summed E-state index contributed by atoms with van der Waals surface area (Å²) in [5.74, 6) is -0.254. The van der Waals surface area contributed by atoms with Gasteiger partial charge >= 0.3 is 5.97 Å². The van der Waals surface area contributed by atoms with Crippen LogP contribution in [0.1, 0.15) is 25.3 Å². The summed E-state index contributed by atoms with van der Waals surface area (Å²) in [6.07, 6.45) is 1.30. The van der Waals surface area contributed by atoms with Crippen molar-refractivity contribution < 1.29 is 14.3 Å². The third kappa shape index (κ3) is 6.96. The highest BCUT2D eigenvalue weighted by molar-refractivity contribution is 9.10. The van der Waals surface area contributed by atoms with Crippen LogP contribution in [0.2, 0.25) is 0 Å². The highest BCUT2D eigenvalue weighted by atomic mass is 79.9. The van der Waals surface area contributed by atoms with Gasteiger partial charge in [-0.15, -0.1) is 0 Å². The van der Waals surface area contributed by atoms with Crippen molar-refractivity contribution in [2.45, 2.75) is 26.2 Å². The molecule has 104 valence electrons. The number of nitrogens with one attached hydrogen (secondary N) is 1. The van der Waals surface area contributed by atoms with Gasteiger partial charge < -0.3 is 10.1 Å². The fourth-order valence-corrected chi connectivity index (χ4v) is 1.81. The van der Waals surface area contributed by atoms with Gasteiger partial charge in [-0.05, 0) is 31.0 Å². The van der Waals surface area contributed by atoms with Crippen molar-refractivity contribution in [3.05, 3.63) is 34.3 Å². The number of hydrogen-bond donors (Lipinski definition) is 1. The van der Waals surface area contributed by atoms with Gasteiger partial charge in [0.05, 0.1) is 13.0 Å². The van der Waals surface area contributed by atoms with Crippen LogP contribution < -0.4 is 5.32 Å². The lowest BCUT2D eigenvalue weighted by Crippen LogP contribution is -2.26. The van der Waals surface area contributed by atoms with Gasteiger partial charge in [0.25, 0.3) is 0 Å². The molecule has 0 unspecified atom stereocenters. The van der Waals surface area contributed by atoms with Crippen molar-refractivity contribution in [1.82, 2.24) is 5.32 Å². The zero-order valence-corrected chi connectivity index (χ0v) is 12.5. The van der Waals surface area contributed by atoms with Crippen LogP contribution in [0, 0.1) is 0 Å². The molecule has 5 heteroatoms. The van der Waals surface area contributed by atoms with Crippen molar-refractivity contribution >= 4 is 27.8 Å². The van der Waals surface area contributed by atoms with Gasteiger partial charge in [-0.2, -0.15) is 0 Å². The van der Waals surface area contributed by atoms with E-state index in [0.29, 0.717) is 32.4 Å². The normalized spacial score (nSPS) is 10.0. The quantitative estimate of drug-likeness (QED) is 0.618. The third-order valence-electron chi connectivity index (χ3n) is 2.46. The molecule has 0 aliphatic rings. The Balaban J connectivity index is 2.18. The molecule has 1 rings (SSSR count). The number of esters is 1. The van der Waals surface area contributed by atoms with Crippen LogP contribution in [0.15, 0.2) is 28.7 Å². The molecule has 0 saturated carbocycles. The van der Waals surface area contributed by atoms with E-state index in [4.69, 9.17) is 4.74 Å². The standard InChI is InChI=1S/C14H18BrNO3/c1-2-19-14(18)4-3-9-16-13(17)10-11-5-7-12(15)8-6-11/h5-8H,2-4,9-10H2,1H3,(H,16,17). The first-order valence-corrected chi connectivity index (χ1v) is 7.08. The predicted molar refractivity (Wildman–Crippen MR) is 76.7 cm³/mol. The van der Waals surface area contributed by atoms with E-state index in [1.807, 2.05) is 24.3 Å². The topological polar surface area (TPSA) is 55.4 Å². The molecule has 0 aliphatic carbocycles. The zero-order chi connectivity index (χ0) is 14.1. The third-order valence-corrected chi connectivity index (χ3v) is 2.99. The summed E-state index contributed by atoms with van der Waals surface area (Å²) < 4.78 is 5.79. The first-order valence-electron chi connectivity index (χ1n) is 6.28. The lowest BCUT2D eigenvalue weighted by molar-refractivity contribution is -0.143. The first-order chi connectivity index (χ1) is 9.11. The van der Waals surface area contributed by atoms with Crippen molar-refractivity contribution in [2.75, 3.05) is 13.2 Å². The maximum atomic E-state index is 11.6. The summed E-state index contributed by atoms with van der Waals surface area (Å²) >= 11 is 3.34. The monoisotopic (exact) mass is 327 g/mol. The number of carbonyl (C=O) groups excluding carboxylic acids is 2. The van der Waals surface area contributed by atoms with Crippen LogP contribution in [-0.4, -0.2) is 25.0 Å². The number of halogens is 1. The molecule has 0 aromatic heterocycles. The molecule has 0 fully saturated rings.